The quantitative estimate of drug-likeness (QED) is 0.380. The van der Waals surface area contributed by atoms with Crippen molar-refractivity contribution in [2.45, 2.75) is 6.04 Å². The molecule has 6 heavy (non-hydrogen) atoms. The fourth-order valence-corrected chi connectivity index (χ4v) is 0.0786. The van der Waals surface area contributed by atoms with E-state index in [0.29, 0.717) is 6.54 Å². The van der Waals surface area contributed by atoms with Gasteiger partial charge in [0.25, 0.3) is 0 Å². The second kappa shape index (κ2) is 3.08. The average Bonchev–Trinajstić information content (AvgIpc) is 1.65. The van der Waals surface area contributed by atoms with Gasteiger partial charge in [-0.25, -0.2) is 0 Å². The molecule has 0 aliphatic heterocycles. The minimum absolute atomic E-state index is 0.134. The van der Waals surface area contributed by atoms with Crippen LogP contribution >= 0.6 is 0 Å². The molecular weight excluding hydrogens is 78.1 g/mol. The molecule has 0 spiro atoms. The highest BCUT2D eigenvalue weighted by Crippen LogP contribution is 1.67. The monoisotopic (exact) mass is 88.1 g/mol. The van der Waals surface area contributed by atoms with Gasteiger partial charge in [0.15, 0.2) is 0 Å². The van der Waals surface area contributed by atoms with Crippen LogP contribution in [-0.4, -0.2) is 12.6 Å². The summed E-state index contributed by atoms with van der Waals surface area (Å²) in [6.07, 6.45) is 0. The van der Waals surface area contributed by atoms with Crippen LogP contribution in [-0.2, 0) is 0 Å². The van der Waals surface area contributed by atoms with Crippen LogP contribution in [0.15, 0.2) is 0 Å². The Morgan fingerprint density at radius 3 is 2.17 bits per heavy atom. The summed E-state index contributed by atoms with van der Waals surface area (Å²) < 4.78 is 0. The van der Waals surface area contributed by atoms with E-state index < -0.39 is 0 Å². The molecule has 0 saturated heterocycles. The predicted octanol–water partition coefficient (Wildman–Crippen LogP) is -1.61. The van der Waals surface area contributed by atoms with E-state index in [9.17, 15) is 0 Å². The minimum atomic E-state index is -0.134. The lowest BCUT2D eigenvalue weighted by Crippen LogP contribution is -2.32. The van der Waals surface area contributed by atoms with Crippen LogP contribution in [0, 0.1) is 6.54 Å². The van der Waals surface area contributed by atoms with E-state index in [4.69, 9.17) is 17.2 Å². The fourth-order valence-electron chi connectivity index (χ4n) is 0.0786. The highest BCUT2D eigenvalue weighted by atomic mass is 14.8. The van der Waals surface area contributed by atoms with Crippen molar-refractivity contribution < 1.29 is 0 Å². The maximum absolute atomic E-state index is 5.17. The van der Waals surface area contributed by atoms with E-state index >= 15 is 0 Å². The van der Waals surface area contributed by atoms with Crippen LogP contribution in [0.5, 0.6) is 0 Å². The van der Waals surface area contributed by atoms with Gasteiger partial charge in [0.05, 0.1) is 0 Å². The maximum Gasteiger partial charge on any atom is 0.0374 e. The van der Waals surface area contributed by atoms with Crippen molar-refractivity contribution >= 4 is 0 Å². The van der Waals surface area contributed by atoms with E-state index in [-0.39, 0.29) is 6.04 Å². The van der Waals surface area contributed by atoms with Gasteiger partial charge in [-0.2, -0.15) is 0 Å². The first kappa shape index (κ1) is 5.88. The van der Waals surface area contributed by atoms with E-state index in [1.54, 1.807) is 0 Å². The largest absolute Gasteiger partial charge is 0.329 e. The van der Waals surface area contributed by atoms with Gasteiger partial charge in [-0.05, 0) is 0 Å². The molecule has 0 saturated carbocycles. The topological polar surface area (TPSA) is 78.1 Å². The molecule has 0 fully saturated rings. The average molecular weight is 88.1 g/mol. The third-order valence-electron chi connectivity index (χ3n) is 0.519. The normalized spacial score (nSPS) is 10.0. The van der Waals surface area contributed by atoms with Gasteiger partial charge >= 0.3 is 0 Å². The van der Waals surface area contributed by atoms with Gasteiger partial charge in [0.2, 0.25) is 0 Å². The van der Waals surface area contributed by atoms with Gasteiger partial charge in [0.1, 0.15) is 0 Å². The summed E-state index contributed by atoms with van der Waals surface area (Å²) in [4.78, 5) is 0. The van der Waals surface area contributed by atoms with Gasteiger partial charge in [0, 0.05) is 19.1 Å². The third-order valence-corrected chi connectivity index (χ3v) is 0.519. The molecule has 1 unspecified atom stereocenters. The van der Waals surface area contributed by atoms with Crippen molar-refractivity contribution in [3.8, 4) is 0 Å². The lowest BCUT2D eigenvalue weighted by Gasteiger charge is -1.99. The first-order chi connectivity index (χ1) is 2.81. The zero-order chi connectivity index (χ0) is 4.99. The number of hydrogen-bond donors (Lipinski definition) is 3. The molecule has 0 aliphatic rings. The molecule has 1 radical (unpaired) electrons. The number of hydrogen-bond acceptors (Lipinski definition) is 3. The molecule has 3 nitrogen and oxygen atoms in total. The van der Waals surface area contributed by atoms with Crippen molar-refractivity contribution in [1.82, 2.24) is 0 Å². The smallest absolute Gasteiger partial charge is 0.0374 e. The van der Waals surface area contributed by atoms with Crippen LogP contribution in [0.25, 0.3) is 0 Å². The van der Waals surface area contributed by atoms with Crippen molar-refractivity contribution in [2.24, 2.45) is 17.2 Å². The molecule has 0 amide bonds. The summed E-state index contributed by atoms with van der Waals surface area (Å²) in [5.74, 6) is 0. The Kier molecular flexibility index (Phi) is 3.02. The fraction of sp³-hybridized carbons (Fsp3) is 0.667. The molecule has 6 N–H and O–H groups in total. The van der Waals surface area contributed by atoms with Gasteiger partial charge in [-0.15, -0.1) is 0 Å². The van der Waals surface area contributed by atoms with Crippen molar-refractivity contribution in [3.63, 3.8) is 0 Å². The van der Waals surface area contributed by atoms with Crippen LogP contribution in [0.2, 0.25) is 0 Å². The van der Waals surface area contributed by atoms with Crippen molar-refractivity contribution in [2.75, 3.05) is 6.54 Å². The molecule has 0 aliphatic carbocycles. The minimum Gasteiger partial charge on any atom is -0.329 e. The Balaban J connectivity index is 2.75. The van der Waals surface area contributed by atoms with Gasteiger partial charge in [-0.3, -0.25) is 0 Å². The molecule has 3 heteroatoms. The SMILES string of the molecule is N[CH]C(N)CN. The molecule has 0 aromatic carbocycles. The zero-order valence-corrected chi connectivity index (χ0v) is 3.59. The molecule has 0 bridgehead atoms. The second-order valence-electron chi connectivity index (χ2n) is 1.09. The summed E-state index contributed by atoms with van der Waals surface area (Å²) in [5, 5.41) is 0. The predicted molar refractivity (Wildman–Crippen MR) is 25.5 cm³/mol. The lowest BCUT2D eigenvalue weighted by atomic mass is 10.3. The lowest BCUT2D eigenvalue weighted by molar-refractivity contribution is 0.761. The Morgan fingerprint density at radius 1 is 1.67 bits per heavy atom. The molecule has 0 rings (SSSR count). The summed E-state index contributed by atoms with van der Waals surface area (Å²) in [6, 6.07) is -0.134. The number of nitrogens with two attached hydrogens (primary N) is 3. The Bertz CT molecular complexity index is 25.2. The van der Waals surface area contributed by atoms with E-state index in [0.717, 1.165) is 0 Å². The summed E-state index contributed by atoms with van der Waals surface area (Å²) >= 11 is 0. The second-order valence-corrected chi connectivity index (χ2v) is 1.09. The third kappa shape index (κ3) is 2.14. The molecular formula is C3H10N3. The molecule has 0 aromatic heterocycles. The first-order valence-electron chi connectivity index (χ1n) is 1.82. The Labute approximate surface area is 37.5 Å². The molecule has 0 aromatic rings. The van der Waals surface area contributed by atoms with Crippen LogP contribution in [0.3, 0.4) is 0 Å². The van der Waals surface area contributed by atoms with Crippen LogP contribution in [0.1, 0.15) is 0 Å². The molecule has 1 atom stereocenters. The maximum atomic E-state index is 5.17. The molecule has 0 heterocycles. The number of rotatable bonds is 2. The van der Waals surface area contributed by atoms with E-state index in [2.05, 4.69) is 0 Å². The summed E-state index contributed by atoms with van der Waals surface area (Å²) in [7, 11) is 0. The molecule has 37 valence electrons. The Hall–Kier alpha value is -0.120. The van der Waals surface area contributed by atoms with E-state index in [1.165, 1.54) is 6.54 Å². The van der Waals surface area contributed by atoms with Crippen LogP contribution < -0.4 is 17.2 Å². The standard InChI is InChI=1S/C3H10N3/c4-1-3(6)2-5/h1,3H,2,4-6H2. The van der Waals surface area contributed by atoms with Crippen molar-refractivity contribution in [3.05, 3.63) is 6.54 Å². The van der Waals surface area contributed by atoms with Crippen LogP contribution in [0.4, 0.5) is 0 Å². The van der Waals surface area contributed by atoms with E-state index in [1.807, 2.05) is 0 Å². The zero-order valence-electron chi connectivity index (χ0n) is 3.59. The van der Waals surface area contributed by atoms with Gasteiger partial charge < -0.3 is 17.2 Å². The van der Waals surface area contributed by atoms with Gasteiger partial charge in [-0.1, -0.05) is 0 Å². The van der Waals surface area contributed by atoms with Crippen molar-refractivity contribution in [1.29, 1.82) is 0 Å². The first-order valence-corrected chi connectivity index (χ1v) is 1.82. The summed E-state index contributed by atoms with van der Waals surface area (Å²) in [5.41, 5.74) is 15.2. The Morgan fingerprint density at radius 2 is 2.17 bits per heavy atom. The summed E-state index contributed by atoms with van der Waals surface area (Å²) in [6.45, 7) is 1.80. The highest BCUT2D eigenvalue weighted by molar-refractivity contribution is 4.72. The highest BCUT2D eigenvalue weighted by Gasteiger charge is 1.90.